The van der Waals surface area contributed by atoms with Crippen molar-refractivity contribution in [2.45, 2.75) is 45.3 Å². The molecule has 1 aliphatic rings. The fourth-order valence-electron chi connectivity index (χ4n) is 4.33. The predicted molar refractivity (Wildman–Crippen MR) is 125 cm³/mol. The molecule has 3 aromatic rings. The zero-order valence-electron chi connectivity index (χ0n) is 18.9. The van der Waals surface area contributed by atoms with E-state index in [0.717, 1.165) is 40.7 Å². The van der Waals surface area contributed by atoms with E-state index in [-0.39, 0.29) is 6.10 Å². The maximum atomic E-state index is 11.7. The lowest BCUT2D eigenvalue weighted by molar-refractivity contribution is 0.135. The van der Waals surface area contributed by atoms with Crippen molar-refractivity contribution in [2.75, 3.05) is 38.8 Å². The van der Waals surface area contributed by atoms with Crippen molar-refractivity contribution in [2.24, 2.45) is 0 Å². The first kappa shape index (κ1) is 22.8. The van der Waals surface area contributed by atoms with Gasteiger partial charge in [-0.3, -0.25) is 0 Å². The number of rotatable bonds is 8. The number of nitrogens with zero attached hydrogens (tertiary/aromatic N) is 4. The average Bonchev–Trinajstić information content (AvgIpc) is 3.11. The van der Waals surface area contributed by atoms with Gasteiger partial charge in [0.15, 0.2) is 5.82 Å². The highest BCUT2D eigenvalue weighted by molar-refractivity contribution is 7.88. The van der Waals surface area contributed by atoms with Crippen molar-refractivity contribution in [1.29, 1.82) is 0 Å². The van der Waals surface area contributed by atoms with Crippen molar-refractivity contribution in [1.82, 2.24) is 18.8 Å². The Morgan fingerprint density at radius 2 is 1.97 bits per heavy atom. The first-order valence-corrected chi connectivity index (χ1v) is 12.9. The van der Waals surface area contributed by atoms with Crippen LogP contribution in [0.15, 0.2) is 18.2 Å². The molecule has 3 heterocycles. The molecule has 2 N–H and O–H groups in total. The molecule has 2 aromatic heterocycles. The monoisotopic (exact) mass is 461 g/mol. The van der Waals surface area contributed by atoms with Gasteiger partial charge >= 0.3 is 0 Å². The average molecular weight is 462 g/mol. The molecule has 1 aromatic carbocycles. The molecule has 0 radical (unpaired) electrons. The first-order chi connectivity index (χ1) is 15.3. The molecular weight excluding hydrogens is 430 g/mol. The standard InChI is InChI=1S/C22H31N5O4S/c1-4-10-27-19(9-13-30-2)25-20-21(27)17-6-5-16(14-18(17)24-22(20)23)31-15-7-11-26(12-8-15)32(3,28)29/h5-6,14-15H,4,7-13H2,1-3H3,(H2,23,24). The number of fused-ring (bicyclic) bond motifs is 3. The minimum atomic E-state index is -3.15. The van der Waals surface area contributed by atoms with Crippen LogP contribution < -0.4 is 10.5 Å². The van der Waals surface area contributed by atoms with Crippen LogP contribution in [0.3, 0.4) is 0 Å². The SMILES string of the molecule is CCCn1c(CCOC)nc2c(N)nc3cc(OC4CCN(S(C)(=O)=O)CC4)ccc3c21. The molecule has 0 spiro atoms. The third-order valence-corrected chi connectivity index (χ3v) is 7.21. The summed E-state index contributed by atoms with van der Waals surface area (Å²) in [6.45, 7) is 4.52. The van der Waals surface area contributed by atoms with Gasteiger partial charge in [-0.2, -0.15) is 0 Å². The lowest BCUT2D eigenvalue weighted by Gasteiger charge is -2.30. The largest absolute Gasteiger partial charge is 0.490 e. The van der Waals surface area contributed by atoms with Gasteiger partial charge < -0.3 is 19.8 Å². The second-order valence-corrected chi connectivity index (χ2v) is 10.3. The van der Waals surface area contributed by atoms with E-state index in [4.69, 9.17) is 20.2 Å². The topological polar surface area (TPSA) is 113 Å². The van der Waals surface area contributed by atoms with Gasteiger partial charge in [-0.1, -0.05) is 6.92 Å². The van der Waals surface area contributed by atoms with Gasteiger partial charge in [0.2, 0.25) is 10.0 Å². The van der Waals surface area contributed by atoms with Crippen molar-refractivity contribution in [3.8, 4) is 5.75 Å². The van der Waals surface area contributed by atoms with E-state index in [1.54, 1.807) is 7.11 Å². The van der Waals surface area contributed by atoms with Crippen molar-refractivity contribution in [3.05, 3.63) is 24.0 Å². The van der Waals surface area contributed by atoms with Gasteiger partial charge in [-0.05, 0) is 31.4 Å². The number of sulfonamides is 1. The Morgan fingerprint density at radius 1 is 1.22 bits per heavy atom. The number of imidazole rings is 1. The molecule has 4 rings (SSSR count). The Labute approximate surface area is 188 Å². The molecule has 0 unspecified atom stereocenters. The van der Waals surface area contributed by atoms with E-state index in [0.29, 0.717) is 50.5 Å². The molecule has 1 aliphatic heterocycles. The molecule has 1 saturated heterocycles. The van der Waals surface area contributed by atoms with Gasteiger partial charge in [0.05, 0.1) is 23.9 Å². The number of hydrogen-bond acceptors (Lipinski definition) is 7. The molecule has 0 saturated carbocycles. The van der Waals surface area contributed by atoms with E-state index < -0.39 is 10.0 Å². The summed E-state index contributed by atoms with van der Waals surface area (Å²) in [4.78, 5) is 9.37. The predicted octanol–water partition coefficient (Wildman–Crippen LogP) is 2.57. The van der Waals surface area contributed by atoms with Crippen LogP contribution in [0.5, 0.6) is 5.75 Å². The van der Waals surface area contributed by atoms with Crippen LogP contribution >= 0.6 is 0 Å². The lowest BCUT2D eigenvalue weighted by Crippen LogP contribution is -2.41. The summed E-state index contributed by atoms with van der Waals surface area (Å²) in [5, 5.41) is 0.984. The highest BCUT2D eigenvalue weighted by atomic mass is 32.2. The third-order valence-electron chi connectivity index (χ3n) is 5.90. The zero-order valence-corrected chi connectivity index (χ0v) is 19.7. The highest BCUT2D eigenvalue weighted by Crippen LogP contribution is 2.32. The van der Waals surface area contributed by atoms with Gasteiger partial charge in [0, 0.05) is 44.6 Å². The Bertz CT molecular complexity index is 1220. The normalized spacial score (nSPS) is 16.2. The van der Waals surface area contributed by atoms with Gasteiger partial charge in [0.25, 0.3) is 0 Å². The van der Waals surface area contributed by atoms with E-state index in [1.807, 2.05) is 18.2 Å². The van der Waals surface area contributed by atoms with E-state index in [2.05, 4.69) is 16.5 Å². The summed E-state index contributed by atoms with van der Waals surface area (Å²) in [6.07, 6.45) is 4.22. The number of ether oxygens (including phenoxy) is 2. The highest BCUT2D eigenvalue weighted by Gasteiger charge is 2.26. The number of nitrogen functional groups attached to an aromatic ring is 1. The molecule has 174 valence electrons. The Hall–Kier alpha value is -2.43. The summed E-state index contributed by atoms with van der Waals surface area (Å²) < 4.78 is 38.6. The van der Waals surface area contributed by atoms with Gasteiger partial charge in [0.1, 0.15) is 23.2 Å². The van der Waals surface area contributed by atoms with E-state index >= 15 is 0 Å². The first-order valence-electron chi connectivity index (χ1n) is 11.0. The molecule has 0 bridgehead atoms. The Morgan fingerprint density at radius 3 is 2.62 bits per heavy atom. The zero-order chi connectivity index (χ0) is 22.9. The molecule has 10 heteroatoms. The number of aryl methyl sites for hydroxylation is 1. The number of hydrogen-bond donors (Lipinski definition) is 1. The number of nitrogens with two attached hydrogens (primary N) is 1. The van der Waals surface area contributed by atoms with Crippen molar-refractivity contribution >= 4 is 37.8 Å². The number of pyridine rings is 1. The Balaban J connectivity index is 1.64. The molecule has 0 atom stereocenters. The second-order valence-electron chi connectivity index (χ2n) is 8.27. The van der Waals surface area contributed by atoms with E-state index in [9.17, 15) is 8.42 Å². The van der Waals surface area contributed by atoms with Crippen LogP contribution in [0, 0.1) is 0 Å². The summed E-state index contributed by atoms with van der Waals surface area (Å²) in [7, 11) is -1.47. The quantitative estimate of drug-likeness (QED) is 0.548. The van der Waals surface area contributed by atoms with Crippen LogP contribution in [0.2, 0.25) is 0 Å². The fraction of sp³-hybridized carbons (Fsp3) is 0.545. The molecule has 9 nitrogen and oxygen atoms in total. The number of benzene rings is 1. The number of methoxy groups -OCH3 is 1. The molecule has 1 fully saturated rings. The van der Waals surface area contributed by atoms with E-state index in [1.165, 1.54) is 10.6 Å². The molecule has 32 heavy (non-hydrogen) atoms. The van der Waals surface area contributed by atoms with Crippen LogP contribution in [0.1, 0.15) is 32.0 Å². The summed E-state index contributed by atoms with van der Waals surface area (Å²) >= 11 is 0. The molecule has 0 amide bonds. The smallest absolute Gasteiger partial charge is 0.211 e. The van der Waals surface area contributed by atoms with Crippen LogP contribution in [0.25, 0.3) is 21.9 Å². The summed E-state index contributed by atoms with van der Waals surface area (Å²) in [6, 6.07) is 5.87. The second kappa shape index (κ2) is 9.21. The Kier molecular flexibility index (Phi) is 6.55. The van der Waals surface area contributed by atoms with Crippen molar-refractivity contribution < 1.29 is 17.9 Å². The summed E-state index contributed by atoms with van der Waals surface area (Å²) in [5.41, 5.74) is 8.77. The van der Waals surface area contributed by atoms with Gasteiger partial charge in [-0.25, -0.2) is 22.7 Å². The number of piperidine rings is 1. The number of anilines is 1. The van der Waals surface area contributed by atoms with Crippen molar-refractivity contribution in [3.63, 3.8) is 0 Å². The summed E-state index contributed by atoms with van der Waals surface area (Å²) in [5.74, 6) is 2.06. The molecule has 0 aliphatic carbocycles. The lowest BCUT2D eigenvalue weighted by atomic mass is 10.1. The number of aromatic nitrogens is 3. The van der Waals surface area contributed by atoms with Crippen LogP contribution in [-0.4, -0.2) is 66.4 Å². The van der Waals surface area contributed by atoms with Crippen LogP contribution in [-0.2, 0) is 27.7 Å². The maximum Gasteiger partial charge on any atom is 0.211 e. The molecular formula is C22H31N5O4S. The van der Waals surface area contributed by atoms with Gasteiger partial charge in [-0.15, -0.1) is 0 Å². The minimum absolute atomic E-state index is 0.0298. The maximum absolute atomic E-state index is 11.7. The fourth-order valence-corrected chi connectivity index (χ4v) is 5.21. The van der Waals surface area contributed by atoms with Crippen LogP contribution in [0.4, 0.5) is 5.82 Å². The third kappa shape index (κ3) is 4.53. The minimum Gasteiger partial charge on any atom is -0.490 e.